The van der Waals surface area contributed by atoms with Gasteiger partial charge in [0.15, 0.2) is 5.15 Å². The second kappa shape index (κ2) is 6.58. The lowest BCUT2D eigenvalue weighted by Crippen LogP contribution is -2.59. The summed E-state index contributed by atoms with van der Waals surface area (Å²) in [5.74, 6) is -3.98. The molecule has 24 heavy (non-hydrogen) atoms. The number of alkyl halides is 2. The Morgan fingerprint density at radius 2 is 2.12 bits per heavy atom. The van der Waals surface area contributed by atoms with Gasteiger partial charge in [0.05, 0.1) is 24.2 Å². The largest absolute Gasteiger partial charge is 0.350 e. The first-order valence-corrected chi connectivity index (χ1v) is 8.16. The Bertz CT molecular complexity index is 658. The summed E-state index contributed by atoms with van der Waals surface area (Å²) in [6.45, 7) is 0.134. The third kappa shape index (κ3) is 3.33. The number of hydrogen-bond acceptors (Lipinski definition) is 4. The van der Waals surface area contributed by atoms with Crippen LogP contribution < -0.4 is 5.32 Å². The zero-order valence-corrected chi connectivity index (χ0v) is 13.6. The number of fused-ring (bicyclic) bond motifs is 1. The van der Waals surface area contributed by atoms with E-state index in [1.807, 2.05) is 0 Å². The second-order valence-corrected chi connectivity index (χ2v) is 6.47. The molecule has 0 spiro atoms. The van der Waals surface area contributed by atoms with Gasteiger partial charge >= 0.3 is 0 Å². The number of carbonyl (C=O) groups excluding carboxylic acids is 2. The fraction of sp³-hybridized carbons (Fsp3) is 0.600. The SMILES string of the molecule is O=C(NCc1nccnc1Cl)C1CCC2N(C1)C(=O)CCC2(F)F. The van der Waals surface area contributed by atoms with Gasteiger partial charge in [-0.05, 0) is 12.8 Å². The first-order chi connectivity index (χ1) is 11.4. The van der Waals surface area contributed by atoms with Gasteiger partial charge < -0.3 is 10.2 Å². The normalized spacial score (nSPS) is 26.0. The zero-order chi connectivity index (χ0) is 17.3. The molecule has 2 saturated heterocycles. The van der Waals surface area contributed by atoms with Crippen LogP contribution in [-0.2, 0) is 16.1 Å². The number of aromatic nitrogens is 2. The van der Waals surface area contributed by atoms with Gasteiger partial charge in [-0.15, -0.1) is 0 Å². The topological polar surface area (TPSA) is 75.2 Å². The van der Waals surface area contributed by atoms with Crippen molar-refractivity contribution in [2.45, 2.75) is 44.2 Å². The third-order valence-corrected chi connectivity index (χ3v) is 4.90. The van der Waals surface area contributed by atoms with E-state index >= 15 is 0 Å². The molecule has 0 saturated carbocycles. The fourth-order valence-corrected chi connectivity index (χ4v) is 3.44. The van der Waals surface area contributed by atoms with Crippen LogP contribution in [0.3, 0.4) is 0 Å². The highest BCUT2D eigenvalue weighted by atomic mass is 35.5. The first kappa shape index (κ1) is 17.0. The maximum Gasteiger partial charge on any atom is 0.268 e. The molecule has 6 nitrogen and oxygen atoms in total. The van der Waals surface area contributed by atoms with Crippen molar-refractivity contribution in [2.24, 2.45) is 5.92 Å². The molecule has 3 rings (SSSR count). The number of amides is 2. The van der Waals surface area contributed by atoms with Gasteiger partial charge in [0, 0.05) is 31.8 Å². The van der Waals surface area contributed by atoms with Crippen molar-refractivity contribution in [1.82, 2.24) is 20.2 Å². The van der Waals surface area contributed by atoms with E-state index < -0.39 is 24.3 Å². The molecule has 2 unspecified atom stereocenters. The second-order valence-electron chi connectivity index (χ2n) is 6.11. The maximum absolute atomic E-state index is 13.9. The van der Waals surface area contributed by atoms with Crippen LogP contribution in [0.5, 0.6) is 0 Å². The quantitative estimate of drug-likeness (QED) is 0.893. The standard InChI is InChI=1S/C15H17ClF2N4O2/c16-13-10(19-5-6-20-13)7-21-14(24)9-1-2-11-15(17,18)4-3-12(23)22(11)8-9/h5-6,9,11H,1-4,7-8H2,(H,21,24). The van der Waals surface area contributed by atoms with E-state index in [1.165, 1.54) is 17.3 Å². The molecular weight excluding hydrogens is 342 g/mol. The lowest BCUT2D eigenvalue weighted by atomic mass is 9.84. The lowest BCUT2D eigenvalue weighted by molar-refractivity contribution is -0.169. The monoisotopic (exact) mass is 358 g/mol. The van der Waals surface area contributed by atoms with Crippen molar-refractivity contribution in [2.75, 3.05) is 6.54 Å². The van der Waals surface area contributed by atoms with Crippen LogP contribution in [0.2, 0.25) is 5.15 Å². The predicted molar refractivity (Wildman–Crippen MR) is 81.3 cm³/mol. The molecule has 2 fully saturated rings. The highest BCUT2D eigenvalue weighted by Crippen LogP contribution is 2.39. The maximum atomic E-state index is 13.9. The van der Waals surface area contributed by atoms with Crippen molar-refractivity contribution >= 4 is 23.4 Å². The van der Waals surface area contributed by atoms with E-state index in [0.717, 1.165) is 0 Å². The minimum Gasteiger partial charge on any atom is -0.350 e. The molecule has 0 aromatic carbocycles. The van der Waals surface area contributed by atoms with Crippen LogP contribution in [0.15, 0.2) is 12.4 Å². The van der Waals surface area contributed by atoms with Crippen molar-refractivity contribution in [3.63, 3.8) is 0 Å². The molecule has 2 aliphatic rings. The Kier molecular flexibility index (Phi) is 4.67. The van der Waals surface area contributed by atoms with Gasteiger partial charge in [0.25, 0.3) is 5.92 Å². The van der Waals surface area contributed by atoms with Gasteiger partial charge in [-0.25, -0.2) is 13.8 Å². The smallest absolute Gasteiger partial charge is 0.268 e. The van der Waals surface area contributed by atoms with Crippen molar-refractivity contribution in [3.8, 4) is 0 Å². The molecule has 2 atom stereocenters. The Hall–Kier alpha value is -1.83. The number of rotatable bonds is 3. The van der Waals surface area contributed by atoms with Crippen molar-refractivity contribution in [1.29, 1.82) is 0 Å². The number of halogens is 3. The van der Waals surface area contributed by atoms with E-state index in [4.69, 9.17) is 11.6 Å². The van der Waals surface area contributed by atoms with E-state index in [9.17, 15) is 18.4 Å². The molecule has 1 aromatic rings. The summed E-state index contributed by atoms with van der Waals surface area (Å²) >= 11 is 5.87. The summed E-state index contributed by atoms with van der Waals surface area (Å²) in [6, 6.07) is -1.09. The number of nitrogens with zero attached hydrogens (tertiary/aromatic N) is 3. The van der Waals surface area contributed by atoms with Crippen molar-refractivity contribution in [3.05, 3.63) is 23.2 Å². The summed E-state index contributed by atoms with van der Waals surface area (Å²) in [7, 11) is 0. The molecule has 130 valence electrons. The number of hydrogen-bond donors (Lipinski definition) is 1. The fourth-order valence-electron chi connectivity index (χ4n) is 3.27. The Labute approximate surface area is 142 Å². The Morgan fingerprint density at radius 3 is 2.88 bits per heavy atom. The molecule has 1 aromatic heterocycles. The number of carbonyl (C=O) groups is 2. The van der Waals surface area contributed by atoms with Gasteiger partial charge in [-0.1, -0.05) is 11.6 Å². The van der Waals surface area contributed by atoms with Crippen LogP contribution in [0.25, 0.3) is 0 Å². The van der Waals surface area contributed by atoms with E-state index in [0.29, 0.717) is 12.1 Å². The molecule has 9 heteroatoms. The highest BCUT2D eigenvalue weighted by Gasteiger charge is 2.51. The van der Waals surface area contributed by atoms with E-state index in [2.05, 4.69) is 15.3 Å². The summed E-state index contributed by atoms with van der Waals surface area (Å²) in [6.07, 6.45) is 2.78. The molecule has 1 N–H and O–H groups in total. The molecular formula is C15H17ClF2N4O2. The first-order valence-electron chi connectivity index (χ1n) is 7.79. The number of piperidine rings is 2. The summed E-state index contributed by atoms with van der Waals surface area (Å²) < 4.78 is 27.9. The van der Waals surface area contributed by atoms with E-state index in [1.54, 1.807) is 0 Å². The zero-order valence-electron chi connectivity index (χ0n) is 12.8. The summed E-state index contributed by atoms with van der Waals surface area (Å²) in [5.41, 5.74) is 0.432. The van der Waals surface area contributed by atoms with Crippen LogP contribution in [0.4, 0.5) is 8.78 Å². The van der Waals surface area contributed by atoms with Crippen LogP contribution >= 0.6 is 11.6 Å². The van der Waals surface area contributed by atoms with Gasteiger partial charge in [0.1, 0.15) is 0 Å². The molecule has 2 amide bonds. The molecule has 2 aliphatic heterocycles. The lowest BCUT2D eigenvalue weighted by Gasteiger charge is -2.45. The summed E-state index contributed by atoms with van der Waals surface area (Å²) in [5, 5.41) is 2.89. The van der Waals surface area contributed by atoms with E-state index in [-0.39, 0.29) is 42.9 Å². The predicted octanol–water partition coefficient (Wildman–Crippen LogP) is 1.78. The average molecular weight is 359 g/mol. The third-order valence-electron chi connectivity index (χ3n) is 4.59. The van der Waals surface area contributed by atoms with Gasteiger partial charge in [-0.3, -0.25) is 14.6 Å². The Balaban J connectivity index is 1.61. The summed E-state index contributed by atoms with van der Waals surface area (Å²) in [4.78, 5) is 33.3. The average Bonchev–Trinajstić information content (AvgIpc) is 2.57. The van der Waals surface area contributed by atoms with Crippen LogP contribution in [0.1, 0.15) is 31.4 Å². The molecule has 3 heterocycles. The Morgan fingerprint density at radius 1 is 1.38 bits per heavy atom. The van der Waals surface area contributed by atoms with Gasteiger partial charge in [-0.2, -0.15) is 0 Å². The molecule has 0 aliphatic carbocycles. The van der Waals surface area contributed by atoms with Crippen LogP contribution in [0, 0.1) is 5.92 Å². The minimum absolute atomic E-state index is 0.0269. The molecule has 0 bridgehead atoms. The van der Waals surface area contributed by atoms with Gasteiger partial charge in [0.2, 0.25) is 11.8 Å². The highest BCUT2D eigenvalue weighted by molar-refractivity contribution is 6.29. The van der Waals surface area contributed by atoms with Crippen LogP contribution in [-0.4, -0.2) is 45.2 Å². The van der Waals surface area contributed by atoms with Crippen molar-refractivity contribution < 1.29 is 18.4 Å². The number of nitrogens with one attached hydrogen (secondary N) is 1. The molecule has 0 radical (unpaired) electrons. The minimum atomic E-state index is -2.87.